The molecule has 0 aromatic heterocycles. The number of benzene rings is 1. The molecule has 0 bridgehead atoms. The molecule has 1 saturated heterocycles. The number of hydrogen-bond donors (Lipinski definition) is 1. The molecule has 100 valence electrons. The Hall–Kier alpha value is -0.860. The van der Waals surface area contributed by atoms with Gasteiger partial charge < -0.3 is 10.2 Å². The van der Waals surface area contributed by atoms with Gasteiger partial charge in [-0.05, 0) is 37.9 Å². The summed E-state index contributed by atoms with van der Waals surface area (Å²) in [4.78, 5) is 2.43. The highest BCUT2D eigenvalue weighted by Gasteiger charge is 2.22. The lowest BCUT2D eigenvalue weighted by Gasteiger charge is -2.35. The Bertz CT molecular complexity index is 347. The summed E-state index contributed by atoms with van der Waals surface area (Å²) in [5.41, 5.74) is 1.42. The van der Waals surface area contributed by atoms with Crippen molar-refractivity contribution in [2.24, 2.45) is 5.92 Å². The number of piperidine rings is 1. The molecule has 2 heteroatoms. The van der Waals surface area contributed by atoms with Gasteiger partial charge in [-0.3, -0.25) is 0 Å². The fourth-order valence-corrected chi connectivity index (χ4v) is 2.89. The van der Waals surface area contributed by atoms with E-state index in [1.165, 1.54) is 31.5 Å². The predicted molar refractivity (Wildman–Crippen MR) is 77.7 cm³/mol. The molecule has 0 aliphatic carbocycles. The third-order valence-electron chi connectivity index (χ3n) is 3.87. The highest BCUT2D eigenvalue weighted by Crippen LogP contribution is 2.23. The SMILES string of the molecule is CC(C)C(NC1CCCN(C)C1)c1ccccc1. The van der Waals surface area contributed by atoms with E-state index in [0.29, 0.717) is 18.0 Å². The number of hydrogen-bond acceptors (Lipinski definition) is 2. The molecule has 2 rings (SSSR count). The maximum absolute atomic E-state index is 3.86. The number of likely N-dealkylation sites (N-methyl/N-ethyl adjacent to an activating group) is 1. The zero-order valence-electron chi connectivity index (χ0n) is 11.9. The van der Waals surface area contributed by atoms with Crippen LogP contribution in [0.5, 0.6) is 0 Å². The predicted octanol–water partition coefficient (Wildman–Crippen LogP) is 3.07. The van der Waals surface area contributed by atoms with Gasteiger partial charge in [-0.1, -0.05) is 44.2 Å². The third-order valence-corrected chi connectivity index (χ3v) is 3.87. The highest BCUT2D eigenvalue weighted by molar-refractivity contribution is 5.19. The van der Waals surface area contributed by atoms with Gasteiger partial charge in [0.15, 0.2) is 0 Å². The van der Waals surface area contributed by atoms with Crippen LogP contribution in [0.1, 0.15) is 38.3 Å². The van der Waals surface area contributed by atoms with Gasteiger partial charge in [-0.2, -0.15) is 0 Å². The molecule has 0 spiro atoms. The second-order valence-corrected chi connectivity index (χ2v) is 5.90. The van der Waals surface area contributed by atoms with Crippen LogP contribution < -0.4 is 5.32 Å². The van der Waals surface area contributed by atoms with E-state index in [9.17, 15) is 0 Å². The lowest BCUT2D eigenvalue weighted by molar-refractivity contribution is 0.206. The molecule has 0 amide bonds. The molecule has 1 fully saturated rings. The van der Waals surface area contributed by atoms with Crippen LogP contribution in [0.2, 0.25) is 0 Å². The fraction of sp³-hybridized carbons (Fsp3) is 0.625. The Morgan fingerprint density at radius 2 is 1.94 bits per heavy atom. The van der Waals surface area contributed by atoms with Crippen LogP contribution in [-0.2, 0) is 0 Å². The Balaban J connectivity index is 2.03. The lowest BCUT2D eigenvalue weighted by Crippen LogP contribution is -2.46. The monoisotopic (exact) mass is 246 g/mol. The van der Waals surface area contributed by atoms with Crippen molar-refractivity contribution in [1.29, 1.82) is 0 Å². The average molecular weight is 246 g/mol. The Kier molecular flexibility index (Phi) is 4.79. The summed E-state index contributed by atoms with van der Waals surface area (Å²) in [5, 5.41) is 3.86. The maximum Gasteiger partial charge on any atom is 0.0346 e. The van der Waals surface area contributed by atoms with E-state index in [4.69, 9.17) is 0 Å². The van der Waals surface area contributed by atoms with Gasteiger partial charge in [0.25, 0.3) is 0 Å². The minimum atomic E-state index is 0.475. The fourth-order valence-electron chi connectivity index (χ4n) is 2.89. The lowest BCUT2D eigenvalue weighted by atomic mass is 9.94. The molecular weight excluding hydrogens is 220 g/mol. The molecule has 2 unspecified atom stereocenters. The standard InChI is InChI=1S/C16H26N2/c1-13(2)16(14-8-5-4-6-9-14)17-15-10-7-11-18(3)12-15/h4-6,8-9,13,15-17H,7,10-12H2,1-3H3. The molecule has 1 aliphatic heterocycles. The second-order valence-electron chi connectivity index (χ2n) is 5.90. The number of nitrogens with one attached hydrogen (secondary N) is 1. The van der Waals surface area contributed by atoms with Crippen LogP contribution in [0.4, 0.5) is 0 Å². The first kappa shape index (κ1) is 13.6. The first-order valence-corrected chi connectivity index (χ1v) is 7.16. The normalized spacial score (nSPS) is 23.2. The minimum Gasteiger partial charge on any atom is -0.306 e. The zero-order valence-corrected chi connectivity index (χ0v) is 11.9. The highest BCUT2D eigenvalue weighted by atomic mass is 15.1. The van der Waals surface area contributed by atoms with Crippen LogP contribution >= 0.6 is 0 Å². The van der Waals surface area contributed by atoms with Crippen molar-refractivity contribution in [1.82, 2.24) is 10.2 Å². The second kappa shape index (κ2) is 6.35. The van der Waals surface area contributed by atoms with E-state index in [0.717, 1.165) is 0 Å². The van der Waals surface area contributed by atoms with Crippen LogP contribution in [0.25, 0.3) is 0 Å². The summed E-state index contributed by atoms with van der Waals surface area (Å²) < 4.78 is 0. The molecule has 1 aromatic rings. The van der Waals surface area contributed by atoms with Crippen molar-refractivity contribution in [3.05, 3.63) is 35.9 Å². The summed E-state index contributed by atoms with van der Waals surface area (Å²) in [5.74, 6) is 0.625. The van der Waals surface area contributed by atoms with Crippen molar-refractivity contribution in [3.8, 4) is 0 Å². The van der Waals surface area contributed by atoms with Gasteiger partial charge in [0, 0.05) is 18.6 Å². The van der Waals surface area contributed by atoms with Gasteiger partial charge in [-0.15, -0.1) is 0 Å². The van der Waals surface area contributed by atoms with Crippen LogP contribution in [0, 0.1) is 5.92 Å². The van der Waals surface area contributed by atoms with E-state index >= 15 is 0 Å². The quantitative estimate of drug-likeness (QED) is 0.878. The largest absolute Gasteiger partial charge is 0.306 e. The van der Waals surface area contributed by atoms with Gasteiger partial charge in [0.05, 0.1) is 0 Å². The van der Waals surface area contributed by atoms with Crippen molar-refractivity contribution in [2.45, 2.75) is 38.8 Å². The molecular formula is C16H26N2. The molecule has 0 saturated carbocycles. The third kappa shape index (κ3) is 3.56. The molecule has 1 N–H and O–H groups in total. The van der Waals surface area contributed by atoms with E-state index < -0.39 is 0 Å². The molecule has 1 heterocycles. The van der Waals surface area contributed by atoms with Crippen molar-refractivity contribution < 1.29 is 0 Å². The summed E-state index contributed by atoms with van der Waals surface area (Å²) in [7, 11) is 2.22. The van der Waals surface area contributed by atoms with Crippen molar-refractivity contribution in [2.75, 3.05) is 20.1 Å². The molecule has 2 nitrogen and oxygen atoms in total. The molecule has 1 aromatic carbocycles. The Morgan fingerprint density at radius 1 is 1.22 bits per heavy atom. The molecule has 18 heavy (non-hydrogen) atoms. The van der Waals surface area contributed by atoms with E-state index in [1.807, 2.05) is 0 Å². The summed E-state index contributed by atoms with van der Waals surface area (Å²) in [6.45, 7) is 7.03. The summed E-state index contributed by atoms with van der Waals surface area (Å²) in [6.07, 6.45) is 2.62. The van der Waals surface area contributed by atoms with Crippen molar-refractivity contribution in [3.63, 3.8) is 0 Å². The molecule has 2 atom stereocenters. The first-order chi connectivity index (χ1) is 8.66. The molecule has 0 radical (unpaired) electrons. The summed E-state index contributed by atoms with van der Waals surface area (Å²) >= 11 is 0. The van der Waals surface area contributed by atoms with Gasteiger partial charge >= 0.3 is 0 Å². The number of likely N-dealkylation sites (tertiary alicyclic amines) is 1. The topological polar surface area (TPSA) is 15.3 Å². The van der Waals surface area contributed by atoms with Gasteiger partial charge in [-0.25, -0.2) is 0 Å². The number of nitrogens with zero attached hydrogens (tertiary/aromatic N) is 1. The summed E-state index contributed by atoms with van der Waals surface area (Å²) in [6, 6.07) is 12.0. The Labute approximate surface area is 111 Å². The average Bonchev–Trinajstić information content (AvgIpc) is 2.37. The molecule has 1 aliphatic rings. The zero-order chi connectivity index (χ0) is 13.0. The first-order valence-electron chi connectivity index (χ1n) is 7.16. The van der Waals surface area contributed by atoms with Crippen LogP contribution in [0.15, 0.2) is 30.3 Å². The van der Waals surface area contributed by atoms with Crippen LogP contribution in [-0.4, -0.2) is 31.1 Å². The van der Waals surface area contributed by atoms with Crippen LogP contribution in [0.3, 0.4) is 0 Å². The van der Waals surface area contributed by atoms with E-state index in [2.05, 4.69) is 61.4 Å². The number of rotatable bonds is 4. The van der Waals surface area contributed by atoms with Gasteiger partial charge in [0.2, 0.25) is 0 Å². The minimum absolute atomic E-state index is 0.475. The maximum atomic E-state index is 3.86. The smallest absolute Gasteiger partial charge is 0.0346 e. The Morgan fingerprint density at radius 3 is 2.56 bits per heavy atom. The van der Waals surface area contributed by atoms with Gasteiger partial charge in [0.1, 0.15) is 0 Å². The van der Waals surface area contributed by atoms with E-state index in [1.54, 1.807) is 0 Å². The van der Waals surface area contributed by atoms with E-state index in [-0.39, 0.29) is 0 Å². The van der Waals surface area contributed by atoms with Crippen molar-refractivity contribution >= 4 is 0 Å².